The summed E-state index contributed by atoms with van der Waals surface area (Å²) in [5, 5.41) is 3.56. The molecule has 110 valence electrons. The fraction of sp³-hybridized carbons (Fsp3) is 0.412. The first-order valence-electron chi connectivity index (χ1n) is 7.61. The Labute approximate surface area is 126 Å². The van der Waals surface area contributed by atoms with Crippen LogP contribution in [0.15, 0.2) is 42.7 Å². The van der Waals surface area contributed by atoms with Gasteiger partial charge in [0.2, 0.25) is 0 Å². The SMILES string of the molecule is Cc1cccc(NC2CCN(Cc3ccncc3)CC2)n1. The molecule has 0 unspecified atom stereocenters. The Morgan fingerprint density at radius 3 is 2.62 bits per heavy atom. The summed E-state index contributed by atoms with van der Waals surface area (Å²) in [5.74, 6) is 1.00. The van der Waals surface area contributed by atoms with Gasteiger partial charge >= 0.3 is 0 Å². The molecule has 4 heteroatoms. The van der Waals surface area contributed by atoms with Gasteiger partial charge in [0.15, 0.2) is 0 Å². The topological polar surface area (TPSA) is 41.0 Å². The van der Waals surface area contributed by atoms with Gasteiger partial charge in [-0.15, -0.1) is 0 Å². The van der Waals surface area contributed by atoms with Crippen LogP contribution >= 0.6 is 0 Å². The molecule has 3 rings (SSSR count). The number of likely N-dealkylation sites (tertiary alicyclic amines) is 1. The maximum absolute atomic E-state index is 4.52. The molecule has 21 heavy (non-hydrogen) atoms. The zero-order valence-electron chi connectivity index (χ0n) is 12.5. The summed E-state index contributed by atoms with van der Waals surface area (Å²) in [5.41, 5.74) is 2.41. The van der Waals surface area contributed by atoms with E-state index in [-0.39, 0.29) is 0 Å². The van der Waals surface area contributed by atoms with Gasteiger partial charge in [-0.05, 0) is 49.6 Å². The molecule has 1 aliphatic rings. The number of hydrogen-bond acceptors (Lipinski definition) is 4. The molecule has 1 aliphatic heterocycles. The predicted molar refractivity (Wildman–Crippen MR) is 85.1 cm³/mol. The van der Waals surface area contributed by atoms with E-state index < -0.39 is 0 Å². The largest absolute Gasteiger partial charge is 0.367 e. The quantitative estimate of drug-likeness (QED) is 0.936. The number of rotatable bonds is 4. The molecule has 1 saturated heterocycles. The van der Waals surface area contributed by atoms with E-state index >= 15 is 0 Å². The lowest BCUT2D eigenvalue weighted by atomic mass is 10.0. The number of pyridine rings is 2. The van der Waals surface area contributed by atoms with Crippen molar-refractivity contribution < 1.29 is 0 Å². The summed E-state index contributed by atoms with van der Waals surface area (Å²) < 4.78 is 0. The molecule has 0 aromatic carbocycles. The summed E-state index contributed by atoms with van der Waals surface area (Å²) in [6, 6.07) is 10.9. The summed E-state index contributed by atoms with van der Waals surface area (Å²) >= 11 is 0. The Hall–Kier alpha value is -1.94. The number of aryl methyl sites for hydroxylation is 1. The van der Waals surface area contributed by atoms with Gasteiger partial charge in [-0.25, -0.2) is 4.98 Å². The normalized spacial score (nSPS) is 16.8. The maximum Gasteiger partial charge on any atom is 0.126 e. The third-order valence-electron chi connectivity index (χ3n) is 3.98. The van der Waals surface area contributed by atoms with Crippen molar-refractivity contribution >= 4 is 5.82 Å². The van der Waals surface area contributed by atoms with E-state index in [2.05, 4.69) is 44.5 Å². The summed E-state index contributed by atoms with van der Waals surface area (Å²) in [6.07, 6.45) is 6.07. The first-order valence-corrected chi connectivity index (χ1v) is 7.61. The van der Waals surface area contributed by atoms with E-state index in [9.17, 15) is 0 Å². The van der Waals surface area contributed by atoms with Gasteiger partial charge in [-0.1, -0.05) is 6.07 Å². The molecule has 0 bridgehead atoms. The van der Waals surface area contributed by atoms with Crippen LogP contribution in [0.1, 0.15) is 24.1 Å². The molecule has 0 spiro atoms. The standard InChI is InChI=1S/C17H22N4/c1-14-3-2-4-17(19-14)20-16-7-11-21(12-8-16)13-15-5-9-18-10-6-15/h2-6,9-10,16H,7-8,11-13H2,1H3,(H,19,20). The molecule has 0 saturated carbocycles. The predicted octanol–water partition coefficient (Wildman–Crippen LogP) is 2.86. The van der Waals surface area contributed by atoms with Gasteiger partial charge in [0, 0.05) is 43.8 Å². The molecule has 0 radical (unpaired) electrons. The van der Waals surface area contributed by atoms with Crippen molar-refractivity contribution in [2.24, 2.45) is 0 Å². The lowest BCUT2D eigenvalue weighted by molar-refractivity contribution is 0.211. The monoisotopic (exact) mass is 282 g/mol. The molecule has 2 aromatic rings. The lowest BCUT2D eigenvalue weighted by Crippen LogP contribution is -2.38. The van der Waals surface area contributed by atoms with Crippen LogP contribution in [0.4, 0.5) is 5.82 Å². The molecule has 0 aliphatic carbocycles. The van der Waals surface area contributed by atoms with Crippen LogP contribution in [0, 0.1) is 6.92 Å². The number of hydrogen-bond donors (Lipinski definition) is 1. The minimum Gasteiger partial charge on any atom is -0.367 e. The number of anilines is 1. The number of nitrogens with one attached hydrogen (secondary N) is 1. The molecule has 0 amide bonds. The minimum atomic E-state index is 0.535. The summed E-state index contributed by atoms with van der Waals surface area (Å²) in [6.45, 7) is 5.32. The average molecular weight is 282 g/mol. The molecule has 2 aromatic heterocycles. The van der Waals surface area contributed by atoms with Crippen molar-refractivity contribution in [3.8, 4) is 0 Å². The van der Waals surface area contributed by atoms with Crippen LogP contribution < -0.4 is 5.32 Å². The van der Waals surface area contributed by atoms with Crippen LogP contribution in [0.5, 0.6) is 0 Å². The van der Waals surface area contributed by atoms with E-state index in [1.807, 2.05) is 25.4 Å². The Bertz CT molecular complexity index is 562. The molecular weight excluding hydrogens is 260 g/mol. The van der Waals surface area contributed by atoms with Gasteiger partial charge in [0.05, 0.1) is 0 Å². The van der Waals surface area contributed by atoms with Crippen molar-refractivity contribution in [3.05, 3.63) is 54.0 Å². The summed E-state index contributed by atoms with van der Waals surface area (Å²) in [7, 11) is 0. The maximum atomic E-state index is 4.52. The molecule has 1 fully saturated rings. The third-order valence-corrected chi connectivity index (χ3v) is 3.98. The van der Waals surface area contributed by atoms with Gasteiger partial charge in [-0.2, -0.15) is 0 Å². The molecule has 4 nitrogen and oxygen atoms in total. The average Bonchev–Trinajstić information content (AvgIpc) is 2.50. The Morgan fingerprint density at radius 2 is 1.90 bits per heavy atom. The molecule has 1 N–H and O–H groups in total. The van der Waals surface area contributed by atoms with Crippen molar-refractivity contribution in [2.75, 3.05) is 18.4 Å². The van der Waals surface area contributed by atoms with Crippen molar-refractivity contribution in [1.82, 2.24) is 14.9 Å². The van der Waals surface area contributed by atoms with E-state index in [0.717, 1.165) is 31.1 Å². The second-order valence-electron chi connectivity index (χ2n) is 5.71. The highest BCUT2D eigenvalue weighted by atomic mass is 15.1. The smallest absolute Gasteiger partial charge is 0.126 e. The number of aromatic nitrogens is 2. The Balaban J connectivity index is 1.49. The highest BCUT2D eigenvalue weighted by molar-refractivity contribution is 5.36. The van der Waals surface area contributed by atoms with Crippen molar-refractivity contribution in [2.45, 2.75) is 32.4 Å². The fourth-order valence-electron chi connectivity index (χ4n) is 2.81. The first-order chi connectivity index (χ1) is 10.3. The van der Waals surface area contributed by atoms with Crippen molar-refractivity contribution in [3.63, 3.8) is 0 Å². The second-order valence-corrected chi connectivity index (χ2v) is 5.71. The van der Waals surface area contributed by atoms with E-state index in [1.54, 1.807) is 0 Å². The Morgan fingerprint density at radius 1 is 1.14 bits per heavy atom. The van der Waals surface area contributed by atoms with Crippen molar-refractivity contribution in [1.29, 1.82) is 0 Å². The number of piperidine rings is 1. The zero-order valence-corrected chi connectivity index (χ0v) is 12.5. The zero-order chi connectivity index (χ0) is 14.5. The van der Waals surface area contributed by atoms with Crippen LogP contribution in [0.2, 0.25) is 0 Å². The fourth-order valence-corrected chi connectivity index (χ4v) is 2.81. The molecule has 0 atom stereocenters. The van der Waals surface area contributed by atoms with Crippen LogP contribution in [0.3, 0.4) is 0 Å². The highest BCUT2D eigenvalue weighted by Crippen LogP contribution is 2.17. The van der Waals surface area contributed by atoms with E-state index in [0.29, 0.717) is 6.04 Å². The van der Waals surface area contributed by atoms with Gasteiger partial charge < -0.3 is 5.32 Å². The van der Waals surface area contributed by atoms with Crippen LogP contribution in [0.25, 0.3) is 0 Å². The van der Waals surface area contributed by atoms with E-state index in [4.69, 9.17) is 0 Å². The van der Waals surface area contributed by atoms with Gasteiger partial charge in [0.1, 0.15) is 5.82 Å². The molecular formula is C17H22N4. The lowest BCUT2D eigenvalue weighted by Gasteiger charge is -2.32. The first kappa shape index (κ1) is 14.0. The minimum absolute atomic E-state index is 0.535. The van der Waals surface area contributed by atoms with E-state index in [1.165, 1.54) is 18.4 Å². The number of nitrogens with zero attached hydrogens (tertiary/aromatic N) is 3. The molecule has 3 heterocycles. The second kappa shape index (κ2) is 6.68. The van der Waals surface area contributed by atoms with Crippen LogP contribution in [-0.2, 0) is 6.54 Å². The Kier molecular flexibility index (Phi) is 4.46. The van der Waals surface area contributed by atoms with Gasteiger partial charge in [-0.3, -0.25) is 9.88 Å². The summed E-state index contributed by atoms with van der Waals surface area (Å²) in [4.78, 5) is 11.1. The highest BCUT2D eigenvalue weighted by Gasteiger charge is 2.19. The van der Waals surface area contributed by atoms with Gasteiger partial charge in [0.25, 0.3) is 0 Å². The third kappa shape index (κ3) is 4.02. The van der Waals surface area contributed by atoms with Crippen LogP contribution in [-0.4, -0.2) is 34.0 Å².